The normalized spacial score (nSPS) is 14.6. The van der Waals surface area contributed by atoms with Crippen LogP contribution < -0.4 is 4.74 Å². The Morgan fingerprint density at radius 1 is 0.966 bits per heavy atom. The molecule has 0 aliphatic carbocycles. The van der Waals surface area contributed by atoms with Crippen molar-refractivity contribution in [2.45, 2.75) is 6.61 Å². The molecule has 0 spiro atoms. The van der Waals surface area contributed by atoms with E-state index in [1.54, 1.807) is 54.6 Å². The maximum Gasteiger partial charge on any atom is 0.368 e. The van der Waals surface area contributed by atoms with Crippen molar-refractivity contribution in [2.75, 3.05) is 0 Å². The minimum absolute atomic E-state index is 0.280. The zero-order valence-electron chi connectivity index (χ0n) is 15.1. The summed E-state index contributed by atoms with van der Waals surface area (Å²) >= 11 is 5.92. The van der Waals surface area contributed by atoms with Crippen molar-refractivity contribution >= 4 is 29.4 Å². The summed E-state index contributed by atoms with van der Waals surface area (Å²) in [5.74, 6) is -0.123. The molecule has 0 amide bonds. The molecule has 3 aromatic rings. The Hall–Kier alpha value is -3.44. The van der Waals surface area contributed by atoms with Gasteiger partial charge in [0.05, 0.1) is 5.57 Å². The summed E-state index contributed by atoms with van der Waals surface area (Å²) in [6, 6.07) is 20.4. The highest BCUT2D eigenvalue weighted by molar-refractivity contribution is 6.32. The van der Waals surface area contributed by atoms with E-state index in [0.717, 1.165) is 16.7 Å². The van der Waals surface area contributed by atoms with Gasteiger partial charge in [0.2, 0.25) is 0 Å². The van der Waals surface area contributed by atoms with Gasteiger partial charge in [-0.1, -0.05) is 53.2 Å². The molecule has 4 nitrogen and oxygen atoms in total. The fourth-order valence-electron chi connectivity index (χ4n) is 2.80. The number of benzene rings is 3. The molecule has 0 fully saturated rings. The van der Waals surface area contributed by atoms with Crippen molar-refractivity contribution in [3.05, 3.63) is 106 Å². The average molecular weight is 408 g/mol. The summed E-state index contributed by atoms with van der Waals surface area (Å²) in [6.45, 7) is 0.334. The molecule has 0 radical (unpaired) electrons. The van der Waals surface area contributed by atoms with E-state index in [1.807, 2.05) is 12.1 Å². The van der Waals surface area contributed by atoms with Gasteiger partial charge in [-0.3, -0.25) is 0 Å². The molecule has 1 heterocycles. The predicted octanol–water partition coefficient (Wildman–Crippen LogP) is 5.40. The lowest BCUT2D eigenvalue weighted by atomic mass is 10.0. The van der Waals surface area contributed by atoms with E-state index >= 15 is 0 Å². The van der Waals surface area contributed by atoms with Gasteiger partial charge in [0.1, 0.15) is 23.9 Å². The van der Waals surface area contributed by atoms with Gasteiger partial charge in [0, 0.05) is 10.6 Å². The van der Waals surface area contributed by atoms with E-state index in [-0.39, 0.29) is 5.82 Å². The van der Waals surface area contributed by atoms with Crippen LogP contribution in [-0.2, 0) is 16.2 Å². The lowest BCUT2D eigenvalue weighted by Gasteiger charge is -2.07. The third-order valence-electron chi connectivity index (χ3n) is 4.32. The van der Waals surface area contributed by atoms with Gasteiger partial charge >= 0.3 is 5.97 Å². The average Bonchev–Trinajstić information content (AvgIpc) is 3.09. The van der Waals surface area contributed by atoms with Crippen molar-refractivity contribution < 1.29 is 18.8 Å². The molecule has 1 aliphatic heterocycles. The third-order valence-corrected chi connectivity index (χ3v) is 4.57. The van der Waals surface area contributed by atoms with Gasteiger partial charge in [-0.2, -0.15) is 0 Å². The molecule has 1 aliphatic rings. The van der Waals surface area contributed by atoms with E-state index < -0.39 is 5.97 Å². The van der Waals surface area contributed by atoms with Gasteiger partial charge in [-0.25, -0.2) is 9.18 Å². The summed E-state index contributed by atoms with van der Waals surface area (Å²) in [6.07, 6.45) is 1.71. The van der Waals surface area contributed by atoms with E-state index in [1.165, 1.54) is 12.1 Å². The Labute approximate surface area is 171 Å². The lowest BCUT2D eigenvalue weighted by molar-refractivity contribution is -0.136. The van der Waals surface area contributed by atoms with Crippen LogP contribution in [0.4, 0.5) is 4.39 Å². The number of hydrogen-bond acceptors (Lipinski definition) is 4. The second-order valence-corrected chi connectivity index (χ2v) is 6.80. The van der Waals surface area contributed by atoms with Gasteiger partial charge < -0.3 is 9.57 Å². The molecule has 0 unspecified atom stereocenters. The van der Waals surface area contributed by atoms with Crippen molar-refractivity contribution in [3.63, 3.8) is 0 Å². The van der Waals surface area contributed by atoms with Crippen LogP contribution >= 0.6 is 11.6 Å². The highest BCUT2D eigenvalue weighted by Crippen LogP contribution is 2.23. The molecule has 3 aromatic carbocycles. The van der Waals surface area contributed by atoms with Gasteiger partial charge in [-0.05, 0) is 53.6 Å². The molecule has 0 bridgehead atoms. The fraction of sp³-hybridized carbons (Fsp3) is 0.0435. The van der Waals surface area contributed by atoms with Crippen molar-refractivity contribution in [1.82, 2.24) is 0 Å². The molecular weight excluding hydrogens is 393 g/mol. The zero-order chi connectivity index (χ0) is 20.2. The van der Waals surface area contributed by atoms with Crippen molar-refractivity contribution in [1.29, 1.82) is 0 Å². The number of nitrogens with zero attached hydrogens (tertiary/aromatic N) is 1. The van der Waals surface area contributed by atoms with Crippen LogP contribution in [0, 0.1) is 5.82 Å². The van der Waals surface area contributed by atoms with Gasteiger partial charge in [-0.15, -0.1) is 0 Å². The summed E-state index contributed by atoms with van der Waals surface area (Å²) in [4.78, 5) is 16.9. The number of carbonyl (C=O) groups is 1. The fourth-order valence-corrected chi connectivity index (χ4v) is 2.93. The summed E-state index contributed by atoms with van der Waals surface area (Å²) in [5, 5.41) is 4.48. The molecular formula is C23H15ClFNO3. The highest BCUT2D eigenvalue weighted by atomic mass is 35.5. The van der Waals surface area contributed by atoms with Gasteiger partial charge in [0.15, 0.2) is 0 Å². The Balaban J connectivity index is 1.48. The smallest absolute Gasteiger partial charge is 0.368 e. The van der Waals surface area contributed by atoms with Crippen LogP contribution in [-0.4, -0.2) is 11.7 Å². The van der Waals surface area contributed by atoms with Gasteiger partial charge in [0.25, 0.3) is 0 Å². The highest BCUT2D eigenvalue weighted by Gasteiger charge is 2.26. The Kier molecular flexibility index (Phi) is 5.40. The monoisotopic (exact) mass is 407 g/mol. The lowest BCUT2D eigenvalue weighted by Crippen LogP contribution is -2.06. The van der Waals surface area contributed by atoms with Crippen LogP contribution in [0.15, 0.2) is 83.5 Å². The first kappa shape index (κ1) is 18.9. The molecule has 29 heavy (non-hydrogen) atoms. The summed E-state index contributed by atoms with van der Waals surface area (Å²) in [7, 11) is 0. The second kappa shape index (κ2) is 8.29. The molecule has 6 heteroatoms. The number of oxime groups is 1. The third kappa shape index (κ3) is 4.52. The van der Waals surface area contributed by atoms with Crippen molar-refractivity contribution in [3.8, 4) is 5.75 Å². The minimum Gasteiger partial charge on any atom is -0.489 e. The maximum absolute atomic E-state index is 12.9. The molecule has 144 valence electrons. The molecule has 0 saturated carbocycles. The molecule has 0 aromatic heterocycles. The summed E-state index contributed by atoms with van der Waals surface area (Å²) in [5.41, 5.74) is 3.24. The van der Waals surface area contributed by atoms with E-state index in [0.29, 0.717) is 28.7 Å². The Morgan fingerprint density at radius 2 is 1.66 bits per heavy atom. The molecule has 0 N–H and O–H groups in total. The van der Waals surface area contributed by atoms with Crippen LogP contribution in [0.5, 0.6) is 5.75 Å². The number of hydrogen-bond donors (Lipinski definition) is 0. The number of carbonyl (C=O) groups excluding carboxylic acids is 1. The van der Waals surface area contributed by atoms with E-state index in [2.05, 4.69) is 5.16 Å². The summed E-state index contributed by atoms with van der Waals surface area (Å²) < 4.78 is 18.7. The first-order valence-corrected chi connectivity index (χ1v) is 9.21. The zero-order valence-corrected chi connectivity index (χ0v) is 15.9. The number of halogens is 2. The first-order valence-electron chi connectivity index (χ1n) is 8.83. The SMILES string of the molecule is O=C1ON=C(c2ccc(Cl)cc2)/C1=C\c1ccc(OCc2ccc(F)cc2)cc1. The predicted molar refractivity (Wildman–Crippen MR) is 109 cm³/mol. The van der Waals surface area contributed by atoms with E-state index in [9.17, 15) is 9.18 Å². The quantitative estimate of drug-likeness (QED) is 0.420. The molecule has 4 rings (SSSR count). The standard InChI is InChI=1S/C23H15ClFNO3/c24-18-7-5-17(6-8-18)22-21(23(27)29-26-22)13-15-3-11-20(12-4-15)28-14-16-1-9-19(25)10-2-16/h1-13H,14H2/b21-13+. The largest absolute Gasteiger partial charge is 0.489 e. The van der Waals surface area contributed by atoms with E-state index in [4.69, 9.17) is 21.2 Å². The van der Waals surface area contributed by atoms with Crippen LogP contribution in [0.3, 0.4) is 0 Å². The Bertz CT molecular complexity index is 1090. The second-order valence-electron chi connectivity index (χ2n) is 6.37. The number of ether oxygens (including phenoxy) is 1. The van der Waals surface area contributed by atoms with Crippen LogP contribution in [0.2, 0.25) is 5.02 Å². The van der Waals surface area contributed by atoms with Crippen LogP contribution in [0.25, 0.3) is 6.08 Å². The Morgan fingerprint density at radius 3 is 2.34 bits per heavy atom. The maximum atomic E-state index is 12.9. The number of rotatable bonds is 5. The topological polar surface area (TPSA) is 47.9 Å². The molecule has 0 atom stereocenters. The van der Waals surface area contributed by atoms with Crippen LogP contribution in [0.1, 0.15) is 16.7 Å². The van der Waals surface area contributed by atoms with Crippen molar-refractivity contribution in [2.24, 2.45) is 5.16 Å². The minimum atomic E-state index is -0.508. The first-order chi connectivity index (χ1) is 14.1. The molecule has 0 saturated heterocycles.